The molecule has 0 unspecified atom stereocenters. The van der Waals surface area contributed by atoms with Crippen LogP contribution in [-0.4, -0.2) is 6.54 Å². The summed E-state index contributed by atoms with van der Waals surface area (Å²) in [5, 5.41) is 0. The number of hydrogen-bond donors (Lipinski definition) is 2. The van der Waals surface area contributed by atoms with E-state index >= 15 is 0 Å². The predicted molar refractivity (Wildman–Crippen MR) is 64.0 cm³/mol. The first-order valence-electron chi connectivity index (χ1n) is 4.95. The van der Waals surface area contributed by atoms with Gasteiger partial charge in [-0.2, -0.15) is 0 Å². The maximum Gasteiger partial charge on any atom is 0.0295 e. The summed E-state index contributed by atoms with van der Waals surface area (Å²) in [6.45, 7) is 0.755. The van der Waals surface area contributed by atoms with Crippen molar-refractivity contribution in [1.29, 1.82) is 0 Å². The van der Waals surface area contributed by atoms with Crippen molar-refractivity contribution in [2.75, 3.05) is 6.54 Å². The molecule has 1 rings (SSSR count). The fraction of sp³-hybridized carbons (Fsp3) is 0.455. The van der Waals surface area contributed by atoms with E-state index in [2.05, 4.69) is 28.1 Å². The maximum absolute atomic E-state index is 6.04. The van der Waals surface area contributed by atoms with Crippen LogP contribution in [0.3, 0.4) is 0 Å². The average Bonchev–Trinajstić information content (AvgIpc) is 2.18. The monoisotopic (exact) mass is 256 g/mol. The van der Waals surface area contributed by atoms with Crippen molar-refractivity contribution < 1.29 is 0 Å². The minimum Gasteiger partial charge on any atom is -0.330 e. The molecule has 1 atom stereocenters. The second kappa shape index (κ2) is 6.17. The Kier molecular flexibility index (Phi) is 5.15. The first-order valence-corrected chi connectivity index (χ1v) is 5.74. The quantitative estimate of drug-likeness (QED) is 0.796. The third kappa shape index (κ3) is 3.78. The molecule has 2 nitrogen and oxygen atoms in total. The van der Waals surface area contributed by atoms with Gasteiger partial charge in [-0.3, -0.25) is 0 Å². The fourth-order valence-electron chi connectivity index (χ4n) is 1.41. The van der Waals surface area contributed by atoms with Gasteiger partial charge in [0.2, 0.25) is 0 Å². The maximum atomic E-state index is 6.04. The van der Waals surface area contributed by atoms with Crippen molar-refractivity contribution in [2.24, 2.45) is 11.5 Å². The van der Waals surface area contributed by atoms with Crippen LogP contribution >= 0.6 is 15.9 Å². The second-order valence-electron chi connectivity index (χ2n) is 3.45. The van der Waals surface area contributed by atoms with Crippen LogP contribution in [0.4, 0.5) is 0 Å². The Labute approximate surface area is 93.8 Å². The lowest BCUT2D eigenvalue weighted by atomic mass is 10.0. The zero-order chi connectivity index (χ0) is 10.4. The van der Waals surface area contributed by atoms with Crippen LogP contribution in [0.25, 0.3) is 0 Å². The van der Waals surface area contributed by atoms with Crippen molar-refractivity contribution in [2.45, 2.75) is 25.3 Å². The zero-order valence-electron chi connectivity index (χ0n) is 8.25. The third-order valence-electron chi connectivity index (χ3n) is 2.25. The first kappa shape index (κ1) is 11.7. The highest BCUT2D eigenvalue weighted by Gasteiger charge is 2.05. The van der Waals surface area contributed by atoms with Gasteiger partial charge in [0.15, 0.2) is 0 Å². The lowest BCUT2D eigenvalue weighted by molar-refractivity contribution is 0.591. The molecular weight excluding hydrogens is 240 g/mol. The number of rotatable bonds is 5. The van der Waals surface area contributed by atoms with Crippen LogP contribution in [0.1, 0.15) is 30.9 Å². The Morgan fingerprint density at radius 3 is 2.71 bits per heavy atom. The molecule has 0 radical (unpaired) electrons. The summed E-state index contributed by atoms with van der Waals surface area (Å²) in [5.41, 5.74) is 12.7. The number of unbranched alkanes of at least 4 members (excludes halogenated alkanes) is 1. The molecule has 0 spiro atoms. The topological polar surface area (TPSA) is 52.0 Å². The van der Waals surface area contributed by atoms with Gasteiger partial charge >= 0.3 is 0 Å². The van der Waals surface area contributed by atoms with Crippen molar-refractivity contribution in [3.63, 3.8) is 0 Å². The van der Waals surface area contributed by atoms with Gasteiger partial charge in [0.1, 0.15) is 0 Å². The molecule has 78 valence electrons. The van der Waals surface area contributed by atoms with Gasteiger partial charge in [0.25, 0.3) is 0 Å². The Balaban J connectivity index is 2.47. The highest BCUT2D eigenvalue weighted by atomic mass is 79.9. The molecule has 14 heavy (non-hydrogen) atoms. The minimum absolute atomic E-state index is 0.138. The Morgan fingerprint density at radius 2 is 2.07 bits per heavy atom. The molecule has 0 saturated heterocycles. The molecule has 0 amide bonds. The molecule has 0 aliphatic heterocycles. The molecule has 0 aliphatic rings. The van der Waals surface area contributed by atoms with Crippen LogP contribution in [0, 0.1) is 0 Å². The van der Waals surface area contributed by atoms with Crippen molar-refractivity contribution in [3.8, 4) is 0 Å². The Morgan fingerprint density at radius 1 is 1.29 bits per heavy atom. The zero-order valence-corrected chi connectivity index (χ0v) is 9.83. The second-order valence-corrected chi connectivity index (χ2v) is 4.36. The lowest BCUT2D eigenvalue weighted by Crippen LogP contribution is -2.10. The van der Waals surface area contributed by atoms with E-state index in [0.717, 1.165) is 30.3 Å². The van der Waals surface area contributed by atoms with Gasteiger partial charge in [-0.1, -0.05) is 34.5 Å². The van der Waals surface area contributed by atoms with Crippen LogP contribution < -0.4 is 11.5 Å². The summed E-state index contributed by atoms with van der Waals surface area (Å²) in [7, 11) is 0. The molecule has 0 heterocycles. The number of hydrogen-bond acceptors (Lipinski definition) is 2. The standard InChI is InChI=1S/C11H17BrN2/c12-10-5-3-4-9(8-10)11(14)6-1-2-7-13/h3-5,8,11H,1-2,6-7,13-14H2/t11-/m0/s1. The summed E-state index contributed by atoms with van der Waals surface area (Å²) in [5.74, 6) is 0. The van der Waals surface area contributed by atoms with Gasteiger partial charge < -0.3 is 11.5 Å². The first-order chi connectivity index (χ1) is 6.74. The van der Waals surface area contributed by atoms with E-state index < -0.39 is 0 Å². The number of benzene rings is 1. The molecule has 1 aromatic rings. The van der Waals surface area contributed by atoms with Gasteiger partial charge in [-0.25, -0.2) is 0 Å². The summed E-state index contributed by atoms with van der Waals surface area (Å²) in [4.78, 5) is 0. The SMILES string of the molecule is NCCCC[C@H](N)c1cccc(Br)c1. The lowest BCUT2D eigenvalue weighted by Gasteiger charge is -2.11. The minimum atomic E-state index is 0.138. The summed E-state index contributed by atoms with van der Waals surface area (Å²) < 4.78 is 1.09. The molecule has 1 aromatic carbocycles. The Bertz CT molecular complexity index is 276. The smallest absolute Gasteiger partial charge is 0.0295 e. The molecule has 0 aliphatic carbocycles. The van der Waals surface area contributed by atoms with E-state index in [9.17, 15) is 0 Å². The summed E-state index contributed by atoms with van der Waals surface area (Å²) >= 11 is 3.44. The average molecular weight is 257 g/mol. The number of nitrogens with two attached hydrogens (primary N) is 2. The molecule has 0 fully saturated rings. The van der Waals surface area contributed by atoms with Crippen molar-refractivity contribution in [1.82, 2.24) is 0 Å². The van der Waals surface area contributed by atoms with Gasteiger partial charge in [-0.15, -0.1) is 0 Å². The van der Waals surface area contributed by atoms with Gasteiger partial charge in [-0.05, 0) is 37.1 Å². The third-order valence-corrected chi connectivity index (χ3v) is 2.74. The summed E-state index contributed by atoms with van der Waals surface area (Å²) in [6, 6.07) is 8.31. The number of halogens is 1. The van der Waals surface area contributed by atoms with Crippen LogP contribution in [0.15, 0.2) is 28.7 Å². The van der Waals surface area contributed by atoms with E-state index in [0.29, 0.717) is 0 Å². The van der Waals surface area contributed by atoms with E-state index in [1.54, 1.807) is 0 Å². The Hall–Kier alpha value is -0.380. The molecular formula is C11H17BrN2. The van der Waals surface area contributed by atoms with E-state index in [1.807, 2.05) is 12.1 Å². The molecule has 0 saturated carbocycles. The highest BCUT2D eigenvalue weighted by molar-refractivity contribution is 9.10. The van der Waals surface area contributed by atoms with Crippen molar-refractivity contribution in [3.05, 3.63) is 34.3 Å². The molecule has 3 heteroatoms. The fourth-order valence-corrected chi connectivity index (χ4v) is 1.83. The van der Waals surface area contributed by atoms with E-state index in [1.165, 1.54) is 5.56 Å². The van der Waals surface area contributed by atoms with E-state index in [-0.39, 0.29) is 6.04 Å². The molecule has 0 bridgehead atoms. The molecule has 0 aromatic heterocycles. The van der Waals surface area contributed by atoms with Crippen LogP contribution in [0.2, 0.25) is 0 Å². The van der Waals surface area contributed by atoms with Crippen LogP contribution in [0.5, 0.6) is 0 Å². The van der Waals surface area contributed by atoms with Gasteiger partial charge in [0, 0.05) is 10.5 Å². The normalized spacial score (nSPS) is 12.8. The van der Waals surface area contributed by atoms with Gasteiger partial charge in [0.05, 0.1) is 0 Å². The van der Waals surface area contributed by atoms with Crippen molar-refractivity contribution >= 4 is 15.9 Å². The van der Waals surface area contributed by atoms with E-state index in [4.69, 9.17) is 11.5 Å². The largest absolute Gasteiger partial charge is 0.330 e. The van der Waals surface area contributed by atoms with Crippen LogP contribution in [-0.2, 0) is 0 Å². The highest BCUT2D eigenvalue weighted by Crippen LogP contribution is 2.20. The summed E-state index contributed by atoms with van der Waals surface area (Å²) in [6.07, 6.45) is 3.17. The molecule has 4 N–H and O–H groups in total. The predicted octanol–water partition coefficient (Wildman–Crippen LogP) is 2.58.